The van der Waals surface area contributed by atoms with E-state index in [1.165, 1.54) is 16.8 Å². The smallest absolute Gasteiger partial charge is 0.282 e. The van der Waals surface area contributed by atoms with Gasteiger partial charge in [0.2, 0.25) is 0 Å². The number of hydrogen-bond acceptors (Lipinski definition) is 5. The first-order valence-electron chi connectivity index (χ1n) is 11.8. The lowest BCUT2D eigenvalue weighted by Crippen LogP contribution is -2.23. The molecule has 0 aliphatic carbocycles. The molecule has 0 aliphatic rings. The number of ether oxygens (including phenoxy) is 2. The summed E-state index contributed by atoms with van der Waals surface area (Å²) < 4.78 is 27.3. The number of benzene rings is 3. The summed E-state index contributed by atoms with van der Waals surface area (Å²) in [5, 5.41) is 5.01. The lowest BCUT2D eigenvalue weighted by atomic mass is 10.1. The quantitative estimate of drug-likeness (QED) is 0.218. The molecule has 3 aromatic carbocycles. The first kappa shape index (κ1) is 25.6. The van der Waals surface area contributed by atoms with Crippen molar-refractivity contribution in [2.75, 3.05) is 6.61 Å². The normalized spacial score (nSPS) is 12.2. The van der Waals surface area contributed by atoms with Crippen LogP contribution >= 0.6 is 15.9 Å². The number of rotatable bonds is 9. The highest BCUT2D eigenvalue weighted by Gasteiger charge is 2.16. The van der Waals surface area contributed by atoms with E-state index in [1.54, 1.807) is 36.5 Å². The topological polar surface area (TPSA) is 65.7 Å². The molecule has 8 heteroatoms. The van der Waals surface area contributed by atoms with E-state index in [2.05, 4.69) is 21.0 Å². The number of nitrogens with zero attached hydrogens (tertiary/aromatic N) is 3. The number of halogens is 2. The summed E-state index contributed by atoms with van der Waals surface area (Å²) in [6, 6.07) is 17.1. The first-order chi connectivity index (χ1) is 17.4. The van der Waals surface area contributed by atoms with E-state index in [1.807, 2.05) is 39.0 Å². The molecule has 1 atom stereocenters. The van der Waals surface area contributed by atoms with Gasteiger partial charge in [-0.05, 0) is 73.0 Å². The van der Waals surface area contributed by atoms with E-state index in [9.17, 15) is 9.18 Å². The maximum absolute atomic E-state index is 13.5. The molecule has 0 N–H and O–H groups in total. The molecule has 0 radical (unpaired) electrons. The minimum Gasteiger partial charge on any atom is -0.490 e. The molecule has 4 rings (SSSR count). The molecule has 0 saturated heterocycles. The molecule has 0 aliphatic heterocycles. The van der Waals surface area contributed by atoms with Gasteiger partial charge in [0.15, 0.2) is 11.5 Å². The standard InChI is InChI=1S/C28H27BrFN3O3/c1-4-18(3)27-32-24-11-10-21(29)15-23(24)28(34)33(27)31-16-19-9-12-25(26(14-19)35-5-2)36-17-20-7-6-8-22(30)13-20/h6-16,18H,4-5,17H2,1-3H3/t18-/m1/s1. The van der Waals surface area contributed by atoms with Gasteiger partial charge in [-0.15, -0.1) is 0 Å². The molecule has 0 saturated carbocycles. The number of hydrogen-bond donors (Lipinski definition) is 0. The van der Waals surface area contributed by atoms with Crippen LogP contribution in [0.3, 0.4) is 0 Å². The summed E-state index contributed by atoms with van der Waals surface area (Å²) in [5.74, 6) is 1.41. The Morgan fingerprint density at radius 3 is 2.67 bits per heavy atom. The van der Waals surface area contributed by atoms with Crippen LogP contribution in [0, 0.1) is 5.82 Å². The fraction of sp³-hybridized carbons (Fsp3) is 0.250. The Labute approximate surface area is 217 Å². The molecule has 6 nitrogen and oxygen atoms in total. The van der Waals surface area contributed by atoms with Gasteiger partial charge < -0.3 is 9.47 Å². The van der Waals surface area contributed by atoms with Gasteiger partial charge in [-0.25, -0.2) is 9.37 Å². The molecule has 186 valence electrons. The average Bonchev–Trinajstić information content (AvgIpc) is 2.87. The van der Waals surface area contributed by atoms with Crippen LogP contribution in [0.1, 0.15) is 50.1 Å². The molecule has 0 fully saturated rings. The molecule has 1 heterocycles. The Morgan fingerprint density at radius 1 is 1.08 bits per heavy atom. The van der Waals surface area contributed by atoms with Crippen molar-refractivity contribution in [3.63, 3.8) is 0 Å². The fourth-order valence-electron chi connectivity index (χ4n) is 3.68. The van der Waals surface area contributed by atoms with Gasteiger partial charge in [-0.2, -0.15) is 9.78 Å². The second kappa shape index (κ2) is 11.5. The third-order valence-corrected chi connectivity index (χ3v) is 6.25. The lowest BCUT2D eigenvalue weighted by molar-refractivity contribution is 0.269. The Morgan fingerprint density at radius 2 is 1.92 bits per heavy atom. The summed E-state index contributed by atoms with van der Waals surface area (Å²) >= 11 is 3.43. The third-order valence-electron chi connectivity index (χ3n) is 5.76. The minimum atomic E-state index is -0.310. The zero-order valence-electron chi connectivity index (χ0n) is 20.4. The largest absolute Gasteiger partial charge is 0.490 e. The molecular weight excluding hydrogens is 525 g/mol. The predicted molar refractivity (Wildman–Crippen MR) is 144 cm³/mol. The summed E-state index contributed by atoms with van der Waals surface area (Å²) in [6.45, 7) is 6.60. The number of aromatic nitrogens is 2. The van der Waals surface area contributed by atoms with Crippen molar-refractivity contribution >= 4 is 33.0 Å². The van der Waals surface area contributed by atoms with Crippen LogP contribution in [-0.2, 0) is 6.61 Å². The highest BCUT2D eigenvalue weighted by Crippen LogP contribution is 2.29. The van der Waals surface area contributed by atoms with Crippen LogP contribution in [0.25, 0.3) is 10.9 Å². The maximum atomic E-state index is 13.5. The van der Waals surface area contributed by atoms with Crippen molar-refractivity contribution in [1.29, 1.82) is 0 Å². The zero-order valence-corrected chi connectivity index (χ0v) is 22.0. The van der Waals surface area contributed by atoms with Crippen molar-refractivity contribution in [3.05, 3.63) is 98.3 Å². The number of fused-ring (bicyclic) bond motifs is 1. The Hall–Kier alpha value is -3.52. The summed E-state index contributed by atoms with van der Waals surface area (Å²) in [5.41, 5.74) is 1.86. The monoisotopic (exact) mass is 551 g/mol. The summed E-state index contributed by atoms with van der Waals surface area (Å²) in [7, 11) is 0. The molecule has 1 aromatic heterocycles. The predicted octanol–water partition coefficient (Wildman–Crippen LogP) is 6.67. The van der Waals surface area contributed by atoms with Crippen LogP contribution in [-0.4, -0.2) is 22.5 Å². The first-order valence-corrected chi connectivity index (χ1v) is 12.6. The van der Waals surface area contributed by atoms with Gasteiger partial charge in [0.1, 0.15) is 18.2 Å². The Bertz CT molecular complexity index is 1470. The van der Waals surface area contributed by atoms with Crippen LogP contribution in [0.5, 0.6) is 11.5 Å². The summed E-state index contributed by atoms with van der Waals surface area (Å²) in [6.07, 6.45) is 2.42. The van der Waals surface area contributed by atoms with E-state index in [-0.39, 0.29) is 23.9 Å². The third kappa shape index (κ3) is 5.82. The average molecular weight is 552 g/mol. The van der Waals surface area contributed by atoms with Gasteiger partial charge in [-0.1, -0.05) is 41.9 Å². The molecular formula is C28H27BrFN3O3. The van der Waals surface area contributed by atoms with Gasteiger partial charge in [0.05, 0.1) is 23.7 Å². The van der Waals surface area contributed by atoms with E-state index < -0.39 is 0 Å². The van der Waals surface area contributed by atoms with Crippen LogP contribution < -0.4 is 15.0 Å². The van der Waals surface area contributed by atoms with Crippen molar-refractivity contribution in [2.45, 2.75) is 39.7 Å². The SMILES string of the molecule is CCOc1cc(C=Nn2c([C@H](C)CC)nc3ccc(Br)cc3c2=O)ccc1OCc1cccc(F)c1. The van der Waals surface area contributed by atoms with Gasteiger partial charge in [-0.3, -0.25) is 4.79 Å². The summed E-state index contributed by atoms with van der Waals surface area (Å²) in [4.78, 5) is 18.1. The van der Waals surface area contributed by atoms with Crippen LogP contribution in [0.2, 0.25) is 0 Å². The Kier molecular flexibility index (Phi) is 8.15. The fourth-order valence-corrected chi connectivity index (χ4v) is 4.04. The zero-order chi connectivity index (χ0) is 25.7. The van der Waals surface area contributed by atoms with Crippen molar-refractivity contribution in [1.82, 2.24) is 9.66 Å². The highest BCUT2D eigenvalue weighted by molar-refractivity contribution is 9.10. The molecule has 36 heavy (non-hydrogen) atoms. The molecule has 0 unspecified atom stereocenters. The van der Waals surface area contributed by atoms with E-state index in [0.29, 0.717) is 34.8 Å². The highest BCUT2D eigenvalue weighted by atomic mass is 79.9. The van der Waals surface area contributed by atoms with Gasteiger partial charge in [0.25, 0.3) is 5.56 Å². The second-order valence-electron chi connectivity index (χ2n) is 8.36. The lowest BCUT2D eigenvalue weighted by Gasteiger charge is -2.14. The van der Waals surface area contributed by atoms with E-state index in [4.69, 9.17) is 14.5 Å². The van der Waals surface area contributed by atoms with Crippen molar-refractivity contribution in [3.8, 4) is 11.5 Å². The van der Waals surface area contributed by atoms with Crippen molar-refractivity contribution < 1.29 is 13.9 Å². The molecule has 0 spiro atoms. The molecule has 0 amide bonds. The molecule has 4 aromatic rings. The molecule has 0 bridgehead atoms. The van der Waals surface area contributed by atoms with E-state index in [0.717, 1.165) is 22.0 Å². The van der Waals surface area contributed by atoms with Gasteiger partial charge >= 0.3 is 0 Å². The van der Waals surface area contributed by atoms with Crippen LogP contribution in [0.15, 0.2) is 75.0 Å². The van der Waals surface area contributed by atoms with Crippen LogP contribution in [0.4, 0.5) is 4.39 Å². The van der Waals surface area contributed by atoms with Crippen molar-refractivity contribution in [2.24, 2.45) is 5.10 Å². The minimum absolute atomic E-state index is 0.0421. The second-order valence-corrected chi connectivity index (χ2v) is 9.28. The van der Waals surface area contributed by atoms with Gasteiger partial charge in [0, 0.05) is 10.4 Å². The Balaban J connectivity index is 1.67. The maximum Gasteiger partial charge on any atom is 0.282 e. The van der Waals surface area contributed by atoms with E-state index >= 15 is 0 Å².